The summed E-state index contributed by atoms with van der Waals surface area (Å²) in [4.78, 5) is 15.7. The molecule has 2 heterocycles. The number of ether oxygens (including phenoxy) is 1. The van der Waals surface area contributed by atoms with E-state index in [0.717, 1.165) is 11.3 Å². The van der Waals surface area contributed by atoms with E-state index in [-0.39, 0.29) is 18.3 Å². The second-order valence-corrected chi connectivity index (χ2v) is 6.51. The smallest absolute Gasteiger partial charge is 0.277 e. The molecule has 0 bridgehead atoms. The molecule has 0 fully saturated rings. The second-order valence-electron chi connectivity index (χ2n) is 4.69. The molecule has 0 aliphatic carbocycles. The first-order valence-electron chi connectivity index (χ1n) is 7.03. The lowest BCUT2D eigenvalue weighted by Crippen LogP contribution is -2.13. The number of para-hydroxylation sites is 1. The number of hydrogen-bond acceptors (Lipinski definition) is 8. The highest BCUT2D eigenvalue weighted by Gasteiger charge is 2.11. The summed E-state index contributed by atoms with van der Waals surface area (Å²) in [5.41, 5.74) is 1.03. The molecule has 0 spiro atoms. The predicted octanol–water partition coefficient (Wildman–Crippen LogP) is 3.14. The largest absolute Gasteiger partial charge is 0.484 e. The highest BCUT2D eigenvalue weighted by atomic mass is 32.2. The van der Waals surface area contributed by atoms with Crippen LogP contribution in [0.15, 0.2) is 45.5 Å². The van der Waals surface area contributed by atoms with Crippen molar-refractivity contribution in [2.45, 2.75) is 18.8 Å². The SMILES string of the molecule is Cc1ccccc1OCc1nnc(SCC(=O)Nc2nccs2)o1. The molecule has 24 heavy (non-hydrogen) atoms. The average Bonchev–Trinajstić information content (AvgIpc) is 3.24. The Hall–Kier alpha value is -2.39. The van der Waals surface area contributed by atoms with Crippen LogP contribution in [-0.2, 0) is 11.4 Å². The van der Waals surface area contributed by atoms with E-state index in [9.17, 15) is 4.79 Å². The fourth-order valence-corrected chi connectivity index (χ4v) is 2.91. The van der Waals surface area contributed by atoms with Crippen LogP contribution >= 0.6 is 23.1 Å². The molecule has 1 aromatic carbocycles. The van der Waals surface area contributed by atoms with Crippen molar-refractivity contribution >= 4 is 34.1 Å². The van der Waals surface area contributed by atoms with Gasteiger partial charge in [0.15, 0.2) is 11.7 Å². The van der Waals surface area contributed by atoms with Gasteiger partial charge < -0.3 is 14.5 Å². The molecule has 7 nitrogen and oxygen atoms in total. The Morgan fingerprint density at radius 1 is 1.38 bits per heavy atom. The maximum atomic E-state index is 11.8. The molecule has 0 radical (unpaired) electrons. The molecule has 9 heteroatoms. The molecule has 3 aromatic rings. The summed E-state index contributed by atoms with van der Waals surface area (Å²) in [6.45, 7) is 2.15. The monoisotopic (exact) mass is 362 g/mol. The third kappa shape index (κ3) is 4.56. The van der Waals surface area contributed by atoms with Gasteiger partial charge in [0, 0.05) is 11.6 Å². The van der Waals surface area contributed by atoms with E-state index >= 15 is 0 Å². The molecule has 0 saturated carbocycles. The van der Waals surface area contributed by atoms with Crippen molar-refractivity contribution in [2.75, 3.05) is 11.1 Å². The summed E-state index contributed by atoms with van der Waals surface area (Å²) in [6, 6.07) is 7.69. The van der Waals surface area contributed by atoms with Crippen LogP contribution < -0.4 is 10.1 Å². The molecular formula is C15H14N4O3S2. The molecular weight excluding hydrogens is 348 g/mol. The molecule has 1 amide bonds. The Morgan fingerprint density at radius 3 is 3.04 bits per heavy atom. The van der Waals surface area contributed by atoms with Crippen LogP contribution in [0, 0.1) is 6.92 Å². The first-order chi connectivity index (χ1) is 11.7. The third-order valence-corrected chi connectivity index (χ3v) is 4.41. The first kappa shape index (κ1) is 16.5. The number of aryl methyl sites for hydroxylation is 1. The minimum absolute atomic E-state index is 0.167. The van der Waals surface area contributed by atoms with Gasteiger partial charge in [0.2, 0.25) is 5.91 Å². The number of aromatic nitrogens is 3. The van der Waals surface area contributed by atoms with Crippen molar-refractivity contribution in [1.82, 2.24) is 15.2 Å². The maximum absolute atomic E-state index is 11.8. The number of anilines is 1. The van der Waals surface area contributed by atoms with E-state index in [4.69, 9.17) is 9.15 Å². The first-order valence-corrected chi connectivity index (χ1v) is 8.90. The van der Waals surface area contributed by atoms with E-state index in [1.54, 1.807) is 11.6 Å². The summed E-state index contributed by atoms with van der Waals surface area (Å²) in [5, 5.41) is 13.2. The van der Waals surface area contributed by atoms with E-state index < -0.39 is 0 Å². The van der Waals surface area contributed by atoms with Gasteiger partial charge in [0.25, 0.3) is 11.1 Å². The summed E-state index contributed by atoms with van der Waals surface area (Å²) >= 11 is 2.53. The number of benzene rings is 1. The van der Waals surface area contributed by atoms with Gasteiger partial charge >= 0.3 is 0 Å². The number of rotatable bonds is 7. The highest BCUT2D eigenvalue weighted by Crippen LogP contribution is 2.20. The van der Waals surface area contributed by atoms with Crippen molar-refractivity contribution in [1.29, 1.82) is 0 Å². The van der Waals surface area contributed by atoms with Gasteiger partial charge in [-0.25, -0.2) is 4.98 Å². The number of nitrogens with one attached hydrogen (secondary N) is 1. The quantitative estimate of drug-likeness (QED) is 0.646. The van der Waals surface area contributed by atoms with Gasteiger partial charge in [-0.2, -0.15) is 0 Å². The fourth-order valence-electron chi connectivity index (χ4n) is 1.78. The van der Waals surface area contributed by atoms with Crippen LogP contribution in [0.5, 0.6) is 5.75 Å². The third-order valence-electron chi connectivity index (χ3n) is 2.90. The topological polar surface area (TPSA) is 90.1 Å². The Morgan fingerprint density at radius 2 is 2.25 bits per heavy atom. The molecule has 1 N–H and O–H groups in total. The Balaban J connectivity index is 1.47. The van der Waals surface area contributed by atoms with Gasteiger partial charge in [-0.3, -0.25) is 4.79 Å². The lowest BCUT2D eigenvalue weighted by atomic mass is 10.2. The van der Waals surface area contributed by atoms with Crippen molar-refractivity contribution in [2.24, 2.45) is 0 Å². The van der Waals surface area contributed by atoms with Crippen molar-refractivity contribution < 1.29 is 13.9 Å². The minimum atomic E-state index is -0.175. The van der Waals surface area contributed by atoms with E-state index in [0.29, 0.717) is 16.2 Å². The predicted molar refractivity (Wildman–Crippen MR) is 91.3 cm³/mol. The molecule has 0 atom stereocenters. The summed E-state index contributed by atoms with van der Waals surface area (Å²) in [5.74, 6) is 1.12. The molecule has 3 rings (SSSR count). The zero-order chi connectivity index (χ0) is 16.8. The zero-order valence-electron chi connectivity index (χ0n) is 12.8. The van der Waals surface area contributed by atoms with Crippen molar-refractivity contribution in [3.8, 4) is 5.75 Å². The molecule has 0 aliphatic heterocycles. The van der Waals surface area contributed by atoms with Crippen LogP contribution in [0.1, 0.15) is 11.5 Å². The standard InChI is InChI=1S/C15H14N4O3S2/c1-10-4-2-3-5-11(10)21-8-13-18-19-15(22-13)24-9-12(20)17-14-16-6-7-23-14/h2-7H,8-9H2,1H3,(H,16,17,20). The van der Waals surface area contributed by atoms with Gasteiger partial charge in [0.1, 0.15) is 5.75 Å². The fraction of sp³-hybridized carbons (Fsp3) is 0.200. The number of carbonyl (C=O) groups excluding carboxylic acids is 1. The van der Waals surface area contributed by atoms with Gasteiger partial charge in [-0.15, -0.1) is 21.5 Å². The van der Waals surface area contributed by atoms with E-state index in [1.807, 2.05) is 31.2 Å². The van der Waals surface area contributed by atoms with Crippen LogP contribution in [0.25, 0.3) is 0 Å². The highest BCUT2D eigenvalue weighted by molar-refractivity contribution is 7.99. The van der Waals surface area contributed by atoms with Crippen LogP contribution in [0.3, 0.4) is 0 Å². The molecule has 0 saturated heterocycles. The molecule has 0 aliphatic rings. The maximum Gasteiger partial charge on any atom is 0.277 e. The number of hydrogen-bond donors (Lipinski definition) is 1. The Labute approximate surface area is 146 Å². The number of amides is 1. The lowest BCUT2D eigenvalue weighted by Gasteiger charge is -2.05. The summed E-state index contributed by atoms with van der Waals surface area (Å²) < 4.78 is 11.1. The van der Waals surface area contributed by atoms with Crippen molar-refractivity contribution in [3.63, 3.8) is 0 Å². The van der Waals surface area contributed by atoms with E-state index in [2.05, 4.69) is 20.5 Å². The Kier molecular flexibility index (Phi) is 5.44. The Bertz CT molecular complexity index is 805. The minimum Gasteiger partial charge on any atom is -0.484 e. The van der Waals surface area contributed by atoms with Gasteiger partial charge in [-0.05, 0) is 18.6 Å². The molecule has 0 unspecified atom stereocenters. The normalized spacial score (nSPS) is 10.5. The summed E-state index contributed by atoms with van der Waals surface area (Å²) in [6.07, 6.45) is 1.63. The average molecular weight is 362 g/mol. The van der Waals surface area contributed by atoms with Gasteiger partial charge in [-0.1, -0.05) is 30.0 Å². The molecule has 2 aromatic heterocycles. The van der Waals surface area contributed by atoms with Crippen LogP contribution in [0.2, 0.25) is 0 Å². The number of thiazole rings is 1. The number of nitrogens with zero attached hydrogens (tertiary/aromatic N) is 3. The summed E-state index contributed by atoms with van der Waals surface area (Å²) in [7, 11) is 0. The van der Waals surface area contributed by atoms with Crippen LogP contribution in [-0.4, -0.2) is 26.8 Å². The number of carbonyl (C=O) groups is 1. The zero-order valence-corrected chi connectivity index (χ0v) is 14.4. The second kappa shape index (κ2) is 7.93. The van der Waals surface area contributed by atoms with E-state index in [1.165, 1.54) is 23.1 Å². The number of thioether (sulfide) groups is 1. The van der Waals surface area contributed by atoms with Crippen LogP contribution in [0.4, 0.5) is 5.13 Å². The molecule has 124 valence electrons. The lowest BCUT2D eigenvalue weighted by molar-refractivity contribution is -0.113. The van der Waals surface area contributed by atoms with Gasteiger partial charge in [0.05, 0.1) is 5.75 Å². The van der Waals surface area contributed by atoms with Crippen molar-refractivity contribution in [3.05, 3.63) is 47.3 Å².